The highest BCUT2D eigenvalue weighted by molar-refractivity contribution is 5.37. The zero-order chi connectivity index (χ0) is 20.1. The first-order valence-corrected chi connectivity index (χ1v) is 8.83. The van der Waals surface area contributed by atoms with Crippen LogP contribution in [0, 0.1) is 5.82 Å². The van der Waals surface area contributed by atoms with Gasteiger partial charge in [-0.2, -0.15) is 4.98 Å². The van der Waals surface area contributed by atoms with Crippen molar-refractivity contribution in [2.45, 2.75) is 37.6 Å². The number of phenols is 1. The summed E-state index contributed by atoms with van der Waals surface area (Å²) in [5.41, 5.74) is 6.05. The van der Waals surface area contributed by atoms with Gasteiger partial charge >= 0.3 is 5.69 Å². The van der Waals surface area contributed by atoms with E-state index in [4.69, 9.17) is 10.5 Å². The molecule has 0 spiro atoms. The van der Waals surface area contributed by atoms with E-state index in [1.807, 2.05) is 4.90 Å². The second kappa shape index (κ2) is 6.78. The van der Waals surface area contributed by atoms with Crippen LogP contribution in [0.1, 0.15) is 23.8 Å². The lowest BCUT2D eigenvalue weighted by Gasteiger charge is -2.30. The fraction of sp³-hybridized carbons (Fsp3) is 0.444. The molecule has 0 amide bonds. The van der Waals surface area contributed by atoms with Gasteiger partial charge in [0.15, 0.2) is 11.6 Å². The van der Waals surface area contributed by atoms with E-state index in [0.717, 1.165) is 16.3 Å². The molecule has 150 valence electrons. The van der Waals surface area contributed by atoms with Crippen LogP contribution in [-0.2, 0) is 17.7 Å². The Morgan fingerprint density at radius 2 is 2.14 bits per heavy atom. The average molecular weight is 396 g/mol. The summed E-state index contributed by atoms with van der Waals surface area (Å²) in [5, 5.41) is 9.47. The highest BCUT2D eigenvalue weighted by atomic mass is 19.3. The summed E-state index contributed by atoms with van der Waals surface area (Å²) in [6, 6.07) is 3.93. The molecule has 0 unspecified atom stereocenters. The summed E-state index contributed by atoms with van der Waals surface area (Å²) in [6.07, 6.45) is -1.37. The highest BCUT2D eigenvalue weighted by Gasteiger charge is 2.52. The molecular weight excluding hydrogens is 377 g/mol. The van der Waals surface area contributed by atoms with Crippen molar-refractivity contribution in [2.75, 3.05) is 18.8 Å². The number of ether oxygens (including phenoxy) is 1. The molecule has 0 saturated carbocycles. The van der Waals surface area contributed by atoms with Gasteiger partial charge in [-0.3, -0.25) is 9.47 Å². The molecule has 7 nitrogen and oxygen atoms in total. The molecule has 4 rings (SSSR count). The number of aromatic nitrogens is 2. The topological polar surface area (TPSA) is 93.6 Å². The van der Waals surface area contributed by atoms with E-state index in [1.54, 1.807) is 0 Å². The number of halogens is 3. The Morgan fingerprint density at radius 1 is 1.36 bits per heavy atom. The number of anilines is 1. The summed E-state index contributed by atoms with van der Waals surface area (Å²) in [4.78, 5) is 17.3. The molecular formula is C18H19F3N4O3. The van der Waals surface area contributed by atoms with Gasteiger partial charge in [0, 0.05) is 32.3 Å². The van der Waals surface area contributed by atoms with Crippen molar-refractivity contribution in [1.82, 2.24) is 14.5 Å². The van der Waals surface area contributed by atoms with Crippen LogP contribution in [0.15, 0.2) is 29.2 Å². The van der Waals surface area contributed by atoms with Gasteiger partial charge in [0.2, 0.25) is 6.23 Å². The van der Waals surface area contributed by atoms with Crippen molar-refractivity contribution in [3.8, 4) is 5.75 Å². The quantitative estimate of drug-likeness (QED) is 0.820. The number of hydrogen-bond donors (Lipinski definition) is 2. The third kappa shape index (κ3) is 3.45. The molecule has 28 heavy (non-hydrogen) atoms. The lowest BCUT2D eigenvalue weighted by molar-refractivity contribution is -0.119. The molecule has 3 heterocycles. The first-order valence-electron chi connectivity index (χ1n) is 8.83. The Labute approximate surface area is 158 Å². The maximum absolute atomic E-state index is 14.5. The van der Waals surface area contributed by atoms with Crippen LogP contribution in [0.4, 0.5) is 19.0 Å². The zero-order valence-corrected chi connectivity index (χ0v) is 14.8. The van der Waals surface area contributed by atoms with E-state index < -0.39 is 41.9 Å². The molecule has 2 aliphatic rings. The van der Waals surface area contributed by atoms with Gasteiger partial charge in [-0.15, -0.1) is 0 Å². The molecule has 0 radical (unpaired) electrons. The van der Waals surface area contributed by atoms with Gasteiger partial charge in [-0.05, 0) is 35.7 Å². The second-order valence-electron chi connectivity index (χ2n) is 7.18. The summed E-state index contributed by atoms with van der Waals surface area (Å²) < 4.78 is 48.8. The summed E-state index contributed by atoms with van der Waals surface area (Å²) in [5.74, 6) is -4.39. The number of aromatic hydroxyl groups is 1. The van der Waals surface area contributed by atoms with Crippen molar-refractivity contribution in [2.24, 2.45) is 0 Å². The van der Waals surface area contributed by atoms with Crippen LogP contribution in [-0.4, -0.2) is 44.7 Å². The molecule has 1 aromatic carbocycles. The maximum Gasteiger partial charge on any atom is 0.351 e. The van der Waals surface area contributed by atoms with Crippen LogP contribution in [0.3, 0.4) is 0 Å². The van der Waals surface area contributed by atoms with E-state index in [2.05, 4.69) is 4.98 Å². The molecule has 2 aliphatic heterocycles. The molecule has 10 heteroatoms. The lowest BCUT2D eigenvalue weighted by atomic mass is 9.98. The fourth-order valence-corrected chi connectivity index (χ4v) is 3.78. The SMILES string of the molecule is Nc1ccn([C@@H]2O[C@H](CN3CCc4cc(O)c(F)cc4C3)CC2(F)F)c(=O)n1. The molecule has 1 aromatic heterocycles. The Bertz CT molecular complexity index is 966. The van der Waals surface area contributed by atoms with Crippen molar-refractivity contribution < 1.29 is 23.0 Å². The van der Waals surface area contributed by atoms with Gasteiger partial charge in [-0.25, -0.2) is 18.0 Å². The third-order valence-corrected chi connectivity index (χ3v) is 5.11. The number of nitrogens with zero attached hydrogens (tertiary/aromatic N) is 3. The Morgan fingerprint density at radius 3 is 2.89 bits per heavy atom. The molecule has 2 atom stereocenters. The van der Waals surface area contributed by atoms with Gasteiger partial charge < -0.3 is 15.6 Å². The Kier molecular flexibility index (Phi) is 4.54. The number of phenolic OH excluding ortho intramolecular Hbond substituents is 1. The van der Waals surface area contributed by atoms with Crippen molar-refractivity contribution >= 4 is 5.82 Å². The van der Waals surface area contributed by atoms with Crippen LogP contribution in [0.5, 0.6) is 5.75 Å². The predicted molar refractivity (Wildman–Crippen MR) is 93.4 cm³/mol. The van der Waals surface area contributed by atoms with Gasteiger partial charge in [-0.1, -0.05) is 0 Å². The molecule has 0 bridgehead atoms. The number of nitrogen functional groups attached to an aromatic ring is 1. The zero-order valence-electron chi connectivity index (χ0n) is 14.8. The summed E-state index contributed by atoms with van der Waals surface area (Å²) in [6.45, 7) is 1.15. The van der Waals surface area contributed by atoms with E-state index in [-0.39, 0.29) is 12.4 Å². The minimum atomic E-state index is -3.24. The second-order valence-corrected chi connectivity index (χ2v) is 7.18. The van der Waals surface area contributed by atoms with Gasteiger partial charge in [0.1, 0.15) is 5.82 Å². The number of benzene rings is 1. The van der Waals surface area contributed by atoms with E-state index in [0.29, 0.717) is 25.1 Å². The monoisotopic (exact) mass is 396 g/mol. The molecule has 0 aliphatic carbocycles. The number of alkyl halides is 2. The Hall–Kier alpha value is -2.59. The maximum atomic E-state index is 14.5. The third-order valence-electron chi connectivity index (χ3n) is 5.11. The summed E-state index contributed by atoms with van der Waals surface area (Å²) >= 11 is 0. The minimum Gasteiger partial charge on any atom is -0.505 e. The number of hydrogen-bond acceptors (Lipinski definition) is 6. The van der Waals surface area contributed by atoms with Crippen molar-refractivity contribution in [3.05, 3.63) is 51.8 Å². The fourth-order valence-electron chi connectivity index (χ4n) is 3.78. The van der Waals surface area contributed by atoms with Gasteiger partial charge in [0.25, 0.3) is 5.92 Å². The predicted octanol–water partition coefficient (Wildman–Crippen LogP) is 1.65. The van der Waals surface area contributed by atoms with E-state index in [1.165, 1.54) is 18.2 Å². The van der Waals surface area contributed by atoms with Crippen LogP contribution >= 0.6 is 0 Å². The standard InChI is InChI=1S/C18H19F3N4O3/c19-13-5-11-8-24(3-1-10(11)6-14(13)26)9-12-7-18(20,21)16(28-12)25-4-2-15(22)23-17(25)27/h2,4-6,12,16,26H,1,3,7-9H2,(H2,22,23,27)/t12-,16+/m0/s1. The van der Waals surface area contributed by atoms with Crippen molar-refractivity contribution in [1.29, 1.82) is 0 Å². The van der Waals surface area contributed by atoms with Crippen molar-refractivity contribution in [3.63, 3.8) is 0 Å². The Balaban J connectivity index is 1.48. The van der Waals surface area contributed by atoms with Crippen LogP contribution in [0.2, 0.25) is 0 Å². The minimum absolute atomic E-state index is 0.0515. The molecule has 2 aromatic rings. The van der Waals surface area contributed by atoms with Crippen LogP contribution < -0.4 is 11.4 Å². The largest absolute Gasteiger partial charge is 0.505 e. The first kappa shape index (κ1) is 18.8. The first-order chi connectivity index (χ1) is 13.2. The highest BCUT2D eigenvalue weighted by Crippen LogP contribution is 2.42. The molecule has 1 fully saturated rings. The molecule has 3 N–H and O–H groups in total. The number of rotatable bonds is 3. The van der Waals surface area contributed by atoms with E-state index >= 15 is 0 Å². The smallest absolute Gasteiger partial charge is 0.351 e. The lowest BCUT2D eigenvalue weighted by Crippen LogP contribution is -2.37. The van der Waals surface area contributed by atoms with E-state index in [9.17, 15) is 23.1 Å². The number of nitrogens with two attached hydrogens (primary N) is 1. The number of fused-ring (bicyclic) bond motifs is 1. The summed E-state index contributed by atoms with van der Waals surface area (Å²) in [7, 11) is 0. The normalized spacial score (nSPS) is 24.2. The van der Waals surface area contributed by atoms with Crippen LogP contribution in [0.25, 0.3) is 0 Å². The van der Waals surface area contributed by atoms with Gasteiger partial charge in [0.05, 0.1) is 6.10 Å². The average Bonchev–Trinajstić information content (AvgIpc) is 2.90. The molecule has 1 saturated heterocycles.